The van der Waals surface area contributed by atoms with Crippen LogP contribution in [0.3, 0.4) is 0 Å². The molecular formula is C25H20FIN2O3. The molecule has 0 fully saturated rings. The summed E-state index contributed by atoms with van der Waals surface area (Å²) in [6, 6.07) is 20.5. The topological polar surface area (TPSA) is 71.3 Å². The molecule has 32 heavy (non-hydrogen) atoms. The number of anilines is 1. The summed E-state index contributed by atoms with van der Waals surface area (Å²) in [5.41, 5.74) is 1.66. The van der Waals surface area contributed by atoms with Gasteiger partial charge in [-0.05, 0) is 83.6 Å². The Kier molecular flexibility index (Phi) is 8.22. The first kappa shape index (κ1) is 23.3. The second-order valence-corrected chi connectivity index (χ2v) is 7.81. The van der Waals surface area contributed by atoms with E-state index in [9.17, 15) is 14.4 Å². The average molecular weight is 542 g/mol. The Hall–Kier alpha value is -3.38. The van der Waals surface area contributed by atoms with Crippen molar-refractivity contribution in [1.82, 2.24) is 0 Å². The summed E-state index contributed by atoms with van der Waals surface area (Å²) in [5, 5.41) is 12.2. The van der Waals surface area contributed by atoms with E-state index in [1.54, 1.807) is 60.7 Å². The number of halogens is 2. The van der Waals surface area contributed by atoms with Crippen LogP contribution in [0.4, 0.5) is 10.1 Å². The van der Waals surface area contributed by atoms with E-state index in [2.05, 4.69) is 27.9 Å². The van der Waals surface area contributed by atoms with Gasteiger partial charge < -0.3 is 14.8 Å². The van der Waals surface area contributed by atoms with Crippen molar-refractivity contribution in [2.24, 2.45) is 0 Å². The fourth-order valence-corrected chi connectivity index (χ4v) is 3.50. The minimum Gasteiger partial charge on any atom is -0.494 e. The van der Waals surface area contributed by atoms with Gasteiger partial charge in [0.05, 0.1) is 10.2 Å². The van der Waals surface area contributed by atoms with Gasteiger partial charge in [0.2, 0.25) is 0 Å². The molecule has 0 saturated carbocycles. The van der Waals surface area contributed by atoms with Crippen LogP contribution >= 0.6 is 22.6 Å². The van der Waals surface area contributed by atoms with E-state index in [-0.39, 0.29) is 18.0 Å². The molecule has 5 nitrogen and oxygen atoms in total. The first-order valence-corrected chi connectivity index (χ1v) is 10.9. The molecule has 3 aromatic carbocycles. The monoisotopic (exact) mass is 542 g/mol. The van der Waals surface area contributed by atoms with E-state index in [1.807, 2.05) is 13.0 Å². The second kappa shape index (κ2) is 11.3. The van der Waals surface area contributed by atoms with E-state index in [0.717, 1.165) is 3.57 Å². The van der Waals surface area contributed by atoms with Crippen molar-refractivity contribution in [2.75, 3.05) is 11.9 Å². The van der Waals surface area contributed by atoms with Crippen molar-refractivity contribution in [1.29, 1.82) is 5.26 Å². The third-order valence-electron chi connectivity index (χ3n) is 4.40. The van der Waals surface area contributed by atoms with E-state index >= 15 is 0 Å². The lowest BCUT2D eigenvalue weighted by molar-refractivity contribution is -0.112. The van der Waals surface area contributed by atoms with E-state index in [1.165, 1.54) is 12.1 Å². The lowest BCUT2D eigenvalue weighted by Gasteiger charge is -2.10. The fourth-order valence-electron chi connectivity index (χ4n) is 2.81. The summed E-state index contributed by atoms with van der Waals surface area (Å²) in [4.78, 5) is 12.5. The quantitative estimate of drug-likeness (QED) is 0.217. The number of hydrogen-bond acceptors (Lipinski definition) is 4. The summed E-state index contributed by atoms with van der Waals surface area (Å²) in [5.74, 6) is 0.461. The van der Waals surface area contributed by atoms with Crippen molar-refractivity contribution >= 4 is 40.3 Å². The molecule has 3 rings (SSSR count). The fraction of sp³-hybridized carbons (Fsp3) is 0.120. The molecule has 7 heteroatoms. The Morgan fingerprint density at radius 3 is 2.53 bits per heavy atom. The number of nitriles is 1. The smallest absolute Gasteiger partial charge is 0.266 e. The Bertz CT molecular complexity index is 1170. The number of ether oxygens (including phenoxy) is 2. The van der Waals surface area contributed by atoms with Gasteiger partial charge in [0, 0.05) is 11.3 Å². The molecule has 0 heterocycles. The van der Waals surface area contributed by atoms with Gasteiger partial charge in [-0.15, -0.1) is 0 Å². The molecule has 0 aliphatic rings. The highest BCUT2D eigenvalue weighted by Crippen LogP contribution is 2.25. The van der Waals surface area contributed by atoms with Crippen LogP contribution in [0.15, 0.2) is 72.3 Å². The molecule has 0 bridgehead atoms. The van der Waals surface area contributed by atoms with Gasteiger partial charge in [0.25, 0.3) is 5.91 Å². The minimum atomic E-state index is -0.508. The maximum Gasteiger partial charge on any atom is 0.266 e. The van der Waals surface area contributed by atoms with Crippen LogP contribution in [0.5, 0.6) is 11.5 Å². The van der Waals surface area contributed by atoms with Crippen molar-refractivity contribution in [2.45, 2.75) is 13.5 Å². The predicted molar refractivity (Wildman–Crippen MR) is 130 cm³/mol. The van der Waals surface area contributed by atoms with Crippen LogP contribution < -0.4 is 14.8 Å². The molecule has 3 aromatic rings. The van der Waals surface area contributed by atoms with E-state index < -0.39 is 5.91 Å². The van der Waals surface area contributed by atoms with Crippen LogP contribution in [0.1, 0.15) is 18.1 Å². The Labute approximate surface area is 199 Å². The third-order valence-corrected chi connectivity index (χ3v) is 5.24. The zero-order valence-electron chi connectivity index (χ0n) is 17.3. The van der Waals surface area contributed by atoms with Gasteiger partial charge in [-0.25, -0.2) is 4.39 Å². The number of carbonyl (C=O) groups is 1. The van der Waals surface area contributed by atoms with Crippen molar-refractivity contribution in [3.8, 4) is 17.6 Å². The molecule has 162 valence electrons. The maximum absolute atomic E-state index is 13.8. The average Bonchev–Trinajstić information content (AvgIpc) is 2.79. The number of nitrogens with one attached hydrogen (secondary N) is 1. The molecule has 0 radical (unpaired) electrons. The van der Waals surface area contributed by atoms with Crippen LogP contribution in [-0.4, -0.2) is 12.5 Å². The second-order valence-electron chi connectivity index (χ2n) is 6.65. The zero-order valence-corrected chi connectivity index (χ0v) is 19.4. The van der Waals surface area contributed by atoms with Gasteiger partial charge in [-0.2, -0.15) is 5.26 Å². The molecule has 0 unspecified atom stereocenters. The summed E-state index contributed by atoms with van der Waals surface area (Å²) >= 11 is 2.10. The minimum absolute atomic E-state index is 0.0327. The van der Waals surface area contributed by atoms with Crippen LogP contribution in [0, 0.1) is 20.7 Å². The summed E-state index contributed by atoms with van der Waals surface area (Å²) in [6.07, 6.45) is 1.51. The number of hydrogen-bond donors (Lipinski definition) is 1. The standard InChI is InChI=1S/C25H20FIN2O3/c1-2-31-21-10-8-20(9-11-21)29-25(30)19(15-28)13-17-7-12-24(23(27)14-17)32-16-18-5-3-4-6-22(18)26/h3-14H,2,16H2,1H3,(H,29,30)/b19-13-. The van der Waals surface area contributed by atoms with Crippen molar-refractivity contribution in [3.63, 3.8) is 0 Å². The molecule has 0 saturated heterocycles. The predicted octanol–water partition coefficient (Wildman–Crippen LogP) is 5.95. The zero-order chi connectivity index (χ0) is 22.9. The Morgan fingerprint density at radius 1 is 1.12 bits per heavy atom. The molecule has 0 atom stereocenters. The molecular weight excluding hydrogens is 522 g/mol. The van der Waals surface area contributed by atoms with Crippen LogP contribution in [-0.2, 0) is 11.4 Å². The molecule has 1 amide bonds. The summed E-state index contributed by atoms with van der Waals surface area (Å²) in [6.45, 7) is 2.55. The van der Waals surface area contributed by atoms with E-state index in [4.69, 9.17) is 9.47 Å². The van der Waals surface area contributed by atoms with Crippen LogP contribution in [0.2, 0.25) is 0 Å². The number of nitrogens with zero attached hydrogens (tertiary/aromatic N) is 1. The maximum atomic E-state index is 13.8. The normalized spacial score (nSPS) is 10.9. The largest absolute Gasteiger partial charge is 0.494 e. The van der Waals surface area contributed by atoms with Crippen molar-refractivity contribution < 1.29 is 18.7 Å². The summed E-state index contributed by atoms with van der Waals surface area (Å²) < 4.78 is 25.6. The first-order chi connectivity index (χ1) is 15.5. The highest BCUT2D eigenvalue weighted by Gasteiger charge is 2.11. The Morgan fingerprint density at radius 2 is 1.88 bits per heavy atom. The lowest BCUT2D eigenvalue weighted by atomic mass is 10.1. The number of benzene rings is 3. The summed E-state index contributed by atoms with van der Waals surface area (Å²) in [7, 11) is 0. The van der Waals surface area contributed by atoms with Gasteiger partial charge in [-0.3, -0.25) is 4.79 Å². The number of carbonyl (C=O) groups excluding carboxylic acids is 1. The van der Waals surface area contributed by atoms with Crippen LogP contribution in [0.25, 0.3) is 6.08 Å². The highest BCUT2D eigenvalue weighted by molar-refractivity contribution is 14.1. The first-order valence-electron chi connectivity index (χ1n) is 9.82. The van der Waals surface area contributed by atoms with Gasteiger partial charge in [-0.1, -0.05) is 24.3 Å². The van der Waals surface area contributed by atoms with Gasteiger partial charge >= 0.3 is 0 Å². The van der Waals surface area contributed by atoms with E-state index in [0.29, 0.717) is 34.9 Å². The van der Waals surface area contributed by atoms with Crippen molar-refractivity contribution in [3.05, 3.63) is 92.8 Å². The molecule has 0 spiro atoms. The van der Waals surface area contributed by atoms with Gasteiger partial charge in [0.15, 0.2) is 0 Å². The third kappa shape index (κ3) is 6.31. The highest BCUT2D eigenvalue weighted by atomic mass is 127. The molecule has 0 aliphatic carbocycles. The SMILES string of the molecule is CCOc1ccc(NC(=O)/C(C#N)=C\c2ccc(OCc3ccccc3F)c(I)c2)cc1. The number of amides is 1. The Balaban J connectivity index is 1.68. The lowest BCUT2D eigenvalue weighted by Crippen LogP contribution is -2.13. The number of rotatable bonds is 8. The molecule has 0 aromatic heterocycles. The van der Waals surface area contributed by atoms with Gasteiger partial charge in [0.1, 0.15) is 35.6 Å². The molecule has 0 aliphatic heterocycles. The molecule has 1 N–H and O–H groups in total.